The first-order valence-corrected chi connectivity index (χ1v) is 10.8. The number of benzene rings is 3. The van der Waals surface area contributed by atoms with Crippen LogP contribution in [0.2, 0.25) is 0 Å². The van der Waals surface area contributed by atoms with E-state index in [4.69, 9.17) is 4.42 Å². The van der Waals surface area contributed by atoms with Gasteiger partial charge in [-0.05, 0) is 66.6 Å². The molecule has 0 fully saturated rings. The van der Waals surface area contributed by atoms with Crippen molar-refractivity contribution in [3.05, 3.63) is 82.5 Å². The van der Waals surface area contributed by atoms with Crippen molar-refractivity contribution < 1.29 is 17.9 Å². The number of aromatic hydroxyl groups is 1. The first-order valence-electron chi connectivity index (χ1n) is 8.92. The summed E-state index contributed by atoms with van der Waals surface area (Å²) in [6.07, 6.45) is 1.14. The van der Waals surface area contributed by atoms with Crippen molar-refractivity contribution in [2.45, 2.75) is 11.8 Å². The summed E-state index contributed by atoms with van der Waals surface area (Å²) in [4.78, 5) is 13.5. The minimum atomic E-state index is -3.34. The van der Waals surface area contributed by atoms with Crippen LogP contribution in [0.1, 0.15) is 5.56 Å². The molecule has 0 aliphatic heterocycles. The van der Waals surface area contributed by atoms with E-state index >= 15 is 0 Å². The topological polar surface area (TPSA) is 84.6 Å². The van der Waals surface area contributed by atoms with E-state index in [9.17, 15) is 18.3 Å². The van der Waals surface area contributed by atoms with Crippen LogP contribution in [0.25, 0.3) is 33.4 Å². The summed E-state index contributed by atoms with van der Waals surface area (Å²) < 4.78 is 29.6. The van der Waals surface area contributed by atoms with E-state index in [1.54, 1.807) is 55.5 Å². The Bertz CT molecular complexity index is 1400. The third-order valence-electron chi connectivity index (χ3n) is 4.83. The second-order valence-electron chi connectivity index (χ2n) is 6.93. The summed E-state index contributed by atoms with van der Waals surface area (Å²) >= 11 is 0. The van der Waals surface area contributed by atoms with E-state index in [2.05, 4.69) is 0 Å². The molecule has 1 aromatic heterocycles. The normalized spacial score (nSPS) is 11.7. The maximum absolute atomic E-state index is 13.3. The van der Waals surface area contributed by atoms with Crippen molar-refractivity contribution in [1.29, 1.82) is 0 Å². The lowest BCUT2D eigenvalue weighted by Crippen LogP contribution is -2.07. The third kappa shape index (κ3) is 3.43. The van der Waals surface area contributed by atoms with Crippen LogP contribution >= 0.6 is 0 Å². The molecule has 0 bridgehead atoms. The van der Waals surface area contributed by atoms with Crippen molar-refractivity contribution in [2.24, 2.45) is 0 Å². The number of phenolic OH excluding ortho intramolecular Hbond substituents is 1. The van der Waals surface area contributed by atoms with Gasteiger partial charge < -0.3 is 9.52 Å². The quantitative estimate of drug-likeness (QED) is 0.540. The largest absolute Gasteiger partial charge is 0.508 e. The first-order chi connectivity index (χ1) is 13.8. The second kappa shape index (κ2) is 6.90. The molecule has 0 amide bonds. The second-order valence-corrected chi connectivity index (χ2v) is 8.95. The lowest BCUT2D eigenvalue weighted by Gasteiger charge is -2.12. The standard InChI is InChI=1S/C23H18O5S/c1-14-13-16(9-12-19(14)24)21-22(25)18-5-3-4-6-20(18)28-23(21)15-7-10-17(11-8-15)29(2,26)27/h3-13,24H,1-2H3. The van der Waals surface area contributed by atoms with Gasteiger partial charge in [-0.15, -0.1) is 0 Å². The molecule has 6 heteroatoms. The molecule has 0 saturated heterocycles. The first kappa shape index (κ1) is 19.0. The van der Waals surface area contributed by atoms with E-state index in [-0.39, 0.29) is 16.1 Å². The van der Waals surface area contributed by atoms with Gasteiger partial charge in [0.1, 0.15) is 17.1 Å². The molecule has 1 N–H and O–H groups in total. The van der Waals surface area contributed by atoms with E-state index in [0.717, 1.165) is 6.26 Å². The predicted octanol–water partition coefficient (Wildman–Crippen LogP) is 4.54. The number of hydrogen-bond acceptors (Lipinski definition) is 5. The highest BCUT2D eigenvalue weighted by molar-refractivity contribution is 7.90. The summed E-state index contributed by atoms with van der Waals surface area (Å²) in [6.45, 7) is 1.75. The molecule has 0 atom stereocenters. The number of aryl methyl sites for hydroxylation is 1. The molecule has 0 radical (unpaired) electrons. The number of rotatable bonds is 3. The molecule has 1 heterocycles. The summed E-state index contributed by atoms with van der Waals surface area (Å²) in [7, 11) is -3.34. The lowest BCUT2D eigenvalue weighted by molar-refractivity contribution is 0.471. The molecule has 0 aliphatic rings. The number of fused-ring (bicyclic) bond motifs is 1. The SMILES string of the molecule is Cc1cc(-c2c(-c3ccc(S(C)(=O)=O)cc3)oc3ccccc3c2=O)ccc1O. The Morgan fingerprint density at radius 3 is 2.21 bits per heavy atom. The van der Waals surface area contributed by atoms with Gasteiger partial charge in [-0.3, -0.25) is 4.79 Å². The van der Waals surface area contributed by atoms with Gasteiger partial charge >= 0.3 is 0 Å². The maximum atomic E-state index is 13.3. The van der Waals surface area contributed by atoms with Crippen molar-refractivity contribution in [1.82, 2.24) is 0 Å². The minimum absolute atomic E-state index is 0.137. The Labute approximate surface area is 167 Å². The monoisotopic (exact) mass is 406 g/mol. The zero-order chi connectivity index (χ0) is 20.8. The number of para-hydroxylation sites is 1. The number of hydrogen-bond donors (Lipinski definition) is 1. The fourth-order valence-electron chi connectivity index (χ4n) is 3.27. The average molecular weight is 406 g/mol. The van der Waals surface area contributed by atoms with Gasteiger partial charge in [0.25, 0.3) is 0 Å². The molecule has 4 rings (SSSR count). The van der Waals surface area contributed by atoms with Crippen LogP contribution in [0.4, 0.5) is 0 Å². The molecule has 0 aliphatic carbocycles. The molecule has 3 aromatic carbocycles. The van der Waals surface area contributed by atoms with E-state index < -0.39 is 9.84 Å². The number of sulfone groups is 1. The molecule has 0 spiro atoms. The Morgan fingerprint density at radius 1 is 0.897 bits per heavy atom. The molecular weight excluding hydrogens is 388 g/mol. The van der Waals surface area contributed by atoms with E-state index in [1.807, 2.05) is 0 Å². The lowest BCUT2D eigenvalue weighted by atomic mass is 9.97. The summed E-state index contributed by atoms with van der Waals surface area (Å²) in [5.41, 5.74) is 2.44. The summed E-state index contributed by atoms with van der Waals surface area (Å²) in [5.74, 6) is 0.483. The van der Waals surface area contributed by atoms with Crippen molar-refractivity contribution in [3.63, 3.8) is 0 Å². The van der Waals surface area contributed by atoms with Crippen LogP contribution in [-0.2, 0) is 9.84 Å². The predicted molar refractivity (Wildman–Crippen MR) is 113 cm³/mol. The highest BCUT2D eigenvalue weighted by Crippen LogP contribution is 2.34. The van der Waals surface area contributed by atoms with Crippen LogP contribution in [0.15, 0.2) is 80.8 Å². The van der Waals surface area contributed by atoms with Gasteiger partial charge in [0, 0.05) is 11.8 Å². The average Bonchev–Trinajstić information content (AvgIpc) is 2.70. The zero-order valence-electron chi connectivity index (χ0n) is 15.8. The highest BCUT2D eigenvalue weighted by Gasteiger charge is 2.19. The Balaban J connectivity index is 2.04. The van der Waals surface area contributed by atoms with Crippen LogP contribution in [0.3, 0.4) is 0 Å². The van der Waals surface area contributed by atoms with Crippen molar-refractivity contribution >= 4 is 20.8 Å². The zero-order valence-corrected chi connectivity index (χ0v) is 16.7. The fourth-order valence-corrected chi connectivity index (χ4v) is 3.90. The Morgan fingerprint density at radius 2 is 1.55 bits per heavy atom. The van der Waals surface area contributed by atoms with Gasteiger partial charge in [0.2, 0.25) is 5.43 Å². The van der Waals surface area contributed by atoms with Gasteiger partial charge in [-0.2, -0.15) is 0 Å². The van der Waals surface area contributed by atoms with Crippen molar-refractivity contribution in [3.8, 4) is 28.2 Å². The highest BCUT2D eigenvalue weighted by atomic mass is 32.2. The summed E-state index contributed by atoms with van der Waals surface area (Å²) in [5, 5.41) is 10.3. The summed E-state index contributed by atoms with van der Waals surface area (Å²) in [6, 6.07) is 18.1. The van der Waals surface area contributed by atoms with Crippen LogP contribution in [0.5, 0.6) is 5.75 Å². The Hall–Kier alpha value is -3.38. The van der Waals surface area contributed by atoms with Gasteiger partial charge in [0.15, 0.2) is 9.84 Å². The van der Waals surface area contributed by atoms with Gasteiger partial charge in [-0.1, -0.05) is 18.2 Å². The molecule has 0 saturated carbocycles. The molecule has 29 heavy (non-hydrogen) atoms. The van der Waals surface area contributed by atoms with Gasteiger partial charge in [-0.25, -0.2) is 8.42 Å². The molecular formula is C23H18O5S. The van der Waals surface area contributed by atoms with E-state index in [1.165, 1.54) is 18.2 Å². The third-order valence-corrected chi connectivity index (χ3v) is 5.96. The van der Waals surface area contributed by atoms with Gasteiger partial charge in [0.05, 0.1) is 15.8 Å². The van der Waals surface area contributed by atoms with Crippen LogP contribution < -0.4 is 5.43 Å². The molecule has 4 aromatic rings. The van der Waals surface area contributed by atoms with E-state index in [0.29, 0.717) is 39.0 Å². The molecule has 146 valence electrons. The molecule has 0 unspecified atom stereocenters. The Kier molecular flexibility index (Phi) is 4.51. The minimum Gasteiger partial charge on any atom is -0.508 e. The number of phenols is 1. The maximum Gasteiger partial charge on any atom is 0.201 e. The van der Waals surface area contributed by atoms with Crippen molar-refractivity contribution in [2.75, 3.05) is 6.26 Å². The molecule has 5 nitrogen and oxygen atoms in total. The van der Waals surface area contributed by atoms with Crippen LogP contribution in [0, 0.1) is 6.92 Å². The van der Waals surface area contributed by atoms with Crippen LogP contribution in [-0.4, -0.2) is 19.8 Å². The smallest absolute Gasteiger partial charge is 0.201 e. The fraction of sp³-hybridized carbons (Fsp3) is 0.0870.